The summed E-state index contributed by atoms with van der Waals surface area (Å²) >= 11 is 0.918. The van der Waals surface area contributed by atoms with Crippen LogP contribution in [0.5, 0.6) is 0 Å². The highest BCUT2D eigenvalue weighted by Crippen LogP contribution is 2.30. The predicted molar refractivity (Wildman–Crippen MR) is 95.1 cm³/mol. The van der Waals surface area contributed by atoms with Gasteiger partial charge in [-0.2, -0.15) is 26.3 Å². The summed E-state index contributed by atoms with van der Waals surface area (Å²) in [7, 11) is 0. The van der Waals surface area contributed by atoms with E-state index in [4.69, 9.17) is 0 Å². The largest absolute Gasteiger partial charge is 0.434 e. The van der Waals surface area contributed by atoms with Crippen LogP contribution in [0.1, 0.15) is 28.8 Å². The normalized spacial score (nSPS) is 12.9. The maximum Gasteiger partial charge on any atom is 0.434 e. The van der Waals surface area contributed by atoms with Crippen LogP contribution in [-0.4, -0.2) is 24.0 Å². The zero-order valence-electron chi connectivity index (χ0n) is 14.8. The lowest BCUT2D eigenvalue weighted by Gasteiger charge is -2.11. The first-order chi connectivity index (χ1) is 13.1. The first-order valence-electron chi connectivity index (χ1n) is 8.29. The zero-order valence-corrected chi connectivity index (χ0v) is 15.6. The monoisotopic (exact) mass is 424 g/mol. The Balaban J connectivity index is 1.95. The molecule has 1 aromatic heterocycles. The third-order valence-electron chi connectivity index (χ3n) is 3.49. The zero-order chi connectivity index (χ0) is 20.8. The Bertz CT molecular complexity index is 797. The van der Waals surface area contributed by atoms with Crippen LogP contribution in [0.3, 0.4) is 0 Å². The lowest BCUT2D eigenvalue weighted by molar-refractivity contribution is -0.141. The number of guanidine groups is 1. The van der Waals surface area contributed by atoms with Crippen molar-refractivity contribution in [1.29, 1.82) is 0 Å². The van der Waals surface area contributed by atoms with Gasteiger partial charge in [0, 0.05) is 24.9 Å². The SMILES string of the molecule is CCNC(=NCc1cccc(C(F)(F)F)c1)NCCc1nc(C(F)(F)F)cs1. The number of hydrogen-bond acceptors (Lipinski definition) is 3. The molecule has 0 spiro atoms. The molecule has 2 rings (SSSR count). The summed E-state index contributed by atoms with van der Waals surface area (Å²) in [5, 5.41) is 7.16. The molecule has 0 aliphatic carbocycles. The number of nitrogens with zero attached hydrogens (tertiary/aromatic N) is 2. The second-order valence-corrected chi connectivity index (χ2v) is 6.64. The number of nitrogens with one attached hydrogen (secondary N) is 2. The molecule has 11 heteroatoms. The first kappa shape index (κ1) is 22.0. The molecule has 4 nitrogen and oxygen atoms in total. The summed E-state index contributed by atoms with van der Waals surface area (Å²) in [5.41, 5.74) is -1.28. The number of alkyl halides is 6. The van der Waals surface area contributed by atoms with Gasteiger partial charge in [0.2, 0.25) is 0 Å². The van der Waals surface area contributed by atoms with E-state index < -0.39 is 23.6 Å². The molecule has 2 aromatic rings. The van der Waals surface area contributed by atoms with Crippen molar-refractivity contribution >= 4 is 17.3 Å². The van der Waals surface area contributed by atoms with Crippen molar-refractivity contribution in [2.45, 2.75) is 32.2 Å². The number of aromatic nitrogens is 1. The van der Waals surface area contributed by atoms with Crippen molar-refractivity contribution in [3.8, 4) is 0 Å². The van der Waals surface area contributed by atoms with Crippen LogP contribution >= 0.6 is 11.3 Å². The van der Waals surface area contributed by atoms with E-state index in [0.29, 0.717) is 23.1 Å². The van der Waals surface area contributed by atoms with E-state index in [1.807, 2.05) is 6.92 Å². The van der Waals surface area contributed by atoms with E-state index in [9.17, 15) is 26.3 Å². The fourth-order valence-electron chi connectivity index (χ4n) is 2.20. The predicted octanol–water partition coefficient (Wildman–Crippen LogP) is 4.48. The summed E-state index contributed by atoms with van der Waals surface area (Å²) in [5.74, 6) is 0.354. The molecule has 0 amide bonds. The molecule has 0 bridgehead atoms. The van der Waals surface area contributed by atoms with Gasteiger partial charge in [-0.05, 0) is 24.6 Å². The third kappa shape index (κ3) is 6.70. The molecule has 0 atom stereocenters. The number of benzene rings is 1. The number of hydrogen-bond donors (Lipinski definition) is 2. The summed E-state index contributed by atoms with van der Waals surface area (Å²) in [6.07, 6.45) is -8.64. The molecule has 0 aliphatic rings. The number of rotatable bonds is 6. The fraction of sp³-hybridized carbons (Fsp3) is 0.412. The second-order valence-electron chi connectivity index (χ2n) is 5.69. The van der Waals surface area contributed by atoms with Crippen LogP contribution in [0, 0.1) is 0 Å². The van der Waals surface area contributed by atoms with Crippen LogP contribution in [0.25, 0.3) is 0 Å². The second kappa shape index (κ2) is 9.26. The van der Waals surface area contributed by atoms with Gasteiger partial charge >= 0.3 is 12.4 Å². The summed E-state index contributed by atoms with van der Waals surface area (Å²) in [6.45, 7) is 2.63. The number of halogens is 6. The van der Waals surface area contributed by atoms with Gasteiger partial charge in [-0.3, -0.25) is 0 Å². The van der Waals surface area contributed by atoms with Crippen LogP contribution in [0.15, 0.2) is 34.6 Å². The molecule has 0 fully saturated rings. The van der Waals surface area contributed by atoms with Gasteiger partial charge < -0.3 is 10.6 Å². The molecule has 0 unspecified atom stereocenters. The van der Waals surface area contributed by atoms with Gasteiger partial charge in [0.15, 0.2) is 11.7 Å². The molecule has 1 heterocycles. The summed E-state index contributed by atoms with van der Waals surface area (Å²) in [6, 6.07) is 4.87. The molecule has 28 heavy (non-hydrogen) atoms. The van der Waals surface area contributed by atoms with E-state index >= 15 is 0 Å². The molecule has 154 valence electrons. The van der Waals surface area contributed by atoms with Crippen molar-refractivity contribution in [3.05, 3.63) is 51.5 Å². The number of thiazole rings is 1. The maximum atomic E-state index is 12.8. The standard InChI is InChI=1S/C17H18F6N4S/c1-2-24-15(25-7-6-14-27-13(10-28-14)17(21,22)23)26-9-11-4-3-5-12(8-11)16(18,19)20/h3-5,8,10H,2,6-7,9H2,1H3,(H2,24,25,26). The summed E-state index contributed by atoms with van der Waals surface area (Å²) < 4.78 is 75.9. The van der Waals surface area contributed by atoms with Crippen molar-refractivity contribution < 1.29 is 26.3 Å². The van der Waals surface area contributed by atoms with Crippen LogP contribution in [0.4, 0.5) is 26.3 Å². The van der Waals surface area contributed by atoms with E-state index in [1.54, 1.807) is 0 Å². The van der Waals surface area contributed by atoms with E-state index in [1.165, 1.54) is 12.1 Å². The smallest absolute Gasteiger partial charge is 0.357 e. The highest BCUT2D eigenvalue weighted by Gasteiger charge is 2.33. The Morgan fingerprint density at radius 1 is 1.11 bits per heavy atom. The maximum absolute atomic E-state index is 12.8. The molecule has 0 saturated heterocycles. The first-order valence-corrected chi connectivity index (χ1v) is 9.17. The Kier molecular flexibility index (Phi) is 7.28. The lowest BCUT2D eigenvalue weighted by Crippen LogP contribution is -2.38. The Morgan fingerprint density at radius 3 is 2.46 bits per heavy atom. The minimum Gasteiger partial charge on any atom is -0.357 e. The molecule has 0 saturated carbocycles. The van der Waals surface area contributed by atoms with E-state index in [0.717, 1.165) is 28.8 Å². The number of aliphatic imine (C=N–C) groups is 1. The van der Waals surface area contributed by atoms with E-state index in [-0.39, 0.29) is 19.5 Å². The van der Waals surface area contributed by atoms with Crippen LogP contribution < -0.4 is 10.6 Å². The van der Waals surface area contributed by atoms with E-state index in [2.05, 4.69) is 20.6 Å². The highest BCUT2D eigenvalue weighted by atomic mass is 32.1. The molecular formula is C17H18F6N4S. The molecule has 2 N–H and O–H groups in total. The minimum absolute atomic E-state index is 0.0225. The summed E-state index contributed by atoms with van der Waals surface area (Å²) in [4.78, 5) is 7.75. The van der Waals surface area contributed by atoms with Crippen LogP contribution in [-0.2, 0) is 25.3 Å². The average molecular weight is 424 g/mol. The Hall–Kier alpha value is -2.30. The third-order valence-corrected chi connectivity index (χ3v) is 4.40. The van der Waals surface area contributed by atoms with Gasteiger partial charge in [-0.25, -0.2) is 9.98 Å². The van der Waals surface area contributed by atoms with Crippen molar-refractivity contribution in [3.63, 3.8) is 0 Å². The van der Waals surface area contributed by atoms with Crippen molar-refractivity contribution in [2.75, 3.05) is 13.1 Å². The van der Waals surface area contributed by atoms with Crippen LogP contribution in [0.2, 0.25) is 0 Å². The molecular weight excluding hydrogens is 406 g/mol. The fourth-order valence-corrected chi connectivity index (χ4v) is 3.01. The highest BCUT2D eigenvalue weighted by molar-refractivity contribution is 7.09. The average Bonchev–Trinajstić information content (AvgIpc) is 3.08. The molecule has 1 aromatic carbocycles. The quantitative estimate of drug-likeness (QED) is 0.409. The topological polar surface area (TPSA) is 49.3 Å². The molecule has 0 aliphatic heterocycles. The van der Waals surface area contributed by atoms with Crippen molar-refractivity contribution in [1.82, 2.24) is 15.6 Å². The molecule has 0 radical (unpaired) electrons. The van der Waals surface area contributed by atoms with Gasteiger partial charge in [-0.1, -0.05) is 12.1 Å². The van der Waals surface area contributed by atoms with Gasteiger partial charge in [0.05, 0.1) is 17.1 Å². The van der Waals surface area contributed by atoms with Gasteiger partial charge in [0.1, 0.15) is 0 Å². The Labute approximate surface area is 161 Å². The minimum atomic E-state index is -4.47. The van der Waals surface area contributed by atoms with Gasteiger partial charge in [-0.15, -0.1) is 11.3 Å². The lowest BCUT2D eigenvalue weighted by atomic mass is 10.1. The van der Waals surface area contributed by atoms with Crippen molar-refractivity contribution in [2.24, 2.45) is 4.99 Å². The Morgan fingerprint density at radius 2 is 1.86 bits per heavy atom. The van der Waals surface area contributed by atoms with Gasteiger partial charge in [0.25, 0.3) is 0 Å².